The molecule has 0 bridgehead atoms. The maximum absolute atomic E-state index is 13.8. The average molecular weight is 348 g/mol. The summed E-state index contributed by atoms with van der Waals surface area (Å²) in [4.78, 5) is 27.3. The molecule has 2 aromatic rings. The lowest BCUT2D eigenvalue weighted by atomic mass is 10.3. The lowest BCUT2D eigenvalue weighted by Gasteiger charge is -2.22. The third-order valence-corrected chi connectivity index (χ3v) is 3.83. The van der Waals surface area contributed by atoms with E-state index in [9.17, 15) is 19.1 Å². The van der Waals surface area contributed by atoms with Crippen molar-refractivity contribution < 1.29 is 19.1 Å². The Bertz CT molecular complexity index is 771. The summed E-state index contributed by atoms with van der Waals surface area (Å²) in [5.41, 5.74) is -0.128. The van der Waals surface area contributed by atoms with Gasteiger partial charge in [-0.3, -0.25) is 9.59 Å². The molecule has 0 saturated carbocycles. The Morgan fingerprint density at radius 3 is 2.48 bits per heavy atom. The summed E-state index contributed by atoms with van der Waals surface area (Å²) in [7, 11) is 1.45. The monoisotopic (exact) mass is 348 g/mol. The SMILES string of the molecule is CCN(CC)C(=O)CN(C)C(=O)c1nn(-c2ccccc2F)cc1O. The van der Waals surface area contributed by atoms with Gasteiger partial charge in [-0.25, -0.2) is 9.07 Å². The van der Waals surface area contributed by atoms with Crippen LogP contribution in [-0.4, -0.2) is 63.2 Å². The molecule has 0 aliphatic rings. The van der Waals surface area contributed by atoms with Gasteiger partial charge in [-0.1, -0.05) is 12.1 Å². The first-order valence-electron chi connectivity index (χ1n) is 7.95. The van der Waals surface area contributed by atoms with Crippen molar-refractivity contribution in [3.8, 4) is 11.4 Å². The Kier molecular flexibility index (Phi) is 5.74. The first kappa shape index (κ1) is 18.4. The summed E-state index contributed by atoms with van der Waals surface area (Å²) in [6.45, 7) is 4.66. The Hall–Kier alpha value is -2.90. The van der Waals surface area contributed by atoms with Crippen molar-refractivity contribution in [2.75, 3.05) is 26.7 Å². The molecule has 25 heavy (non-hydrogen) atoms. The molecule has 0 fully saturated rings. The summed E-state index contributed by atoms with van der Waals surface area (Å²) in [5.74, 6) is -1.73. The number of rotatable bonds is 6. The van der Waals surface area contributed by atoms with Gasteiger partial charge in [0, 0.05) is 20.1 Å². The molecule has 8 heteroatoms. The van der Waals surface area contributed by atoms with Gasteiger partial charge >= 0.3 is 0 Å². The highest BCUT2D eigenvalue weighted by Gasteiger charge is 2.24. The lowest BCUT2D eigenvalue weighted by Crippen LogP contribution is -2.41. The van der Waals surface area contributed by atoms with Crippen LogP contribution in [0.25, 0.3) is 5.69 Å². The van der Waals surface area contributed by atoms with Crippen LogP contribution in [-0.2, 0) is 4.79 Å². The molecular formula is C17H21FN4O3. The van der Waals surface area contributed by atoms with Crippen LogP contribution in [0.15, 0.2) is 30.5 Å². The second kappa shape index (κ2) is 7.78. The van der Waals surface area contributed by atoms with E-state index in [2.05, 4.69) is 5.10 Å². The number of amides is 2. The third-order valence-electron chi connectivity index (χ3n) is 3.83. The molecule has 0 radical (unpaired) electrons. The van der Waals surface area contributed by atoms with Crippen LogP contribution in [0.2, 0.25) is 0 Å². The fourth-order valence-corrected chi connectivity index (χ4v) is 2.41. The number of nitrogens with zero attached hydrogens (tertiary/aromatic N) is 4. The number of likely N-dealkylation sites (N-methyl/N-ethyl adjacent to an activating group) is 2. The molecular weight excluding hydrogens is 327 g/mol. The number of carbonyl (C=O) groups is 2. The predicted molar refractivity (Wildman–Crippen MR) is 90.1 cm³/mol. The van der Waals surface area contributed by atoms with Crippen molar-refractivity contribution in [3.63, 3.8) is 0 Å². The number of aromatic nitrogens is 2. The van der Waals surface area contributed by atoms with Crippen molar-refractivity contribution in [1.82, 2.24) is 19.6 Å². The Morgan fingerprint density at radius 2 is 1.88 bits per heavy atom. The topological polar surface area (TPSA) is 78.7 Å². The second-order valence-corrected chi connectivity index (χ2v) is 5.49. The number of hydrogen-bond acceptors (Lipinski definition) is 4. The highest BCUT2D eigenvalue weighted by molar-refractivity contribution is 5.96. The predicted octanol–water partition coefficient (Wildman–Crippen LogP) is 1.66. The molecule has 134 valence electrons. The van der Waals surface area contributed by atoms with Gasteiger partial charge in [0.2, 0.25) is 5.91 Å². The Labute approximate surface area is 145 Å². The van der Waals surface area contributed by atoms with E-state index in [0.29, 0.717) is 13.1 Å². The fourth-order valence-electron chi connectivity index (χ4n) is 2.41. The van der Waals surface area contributed by atoms with Crippen molar-refractivity contribution in [2.45, 2.75) is 13.8 Å². The molecule has 0 spiro atoms. The zero-order valence-corrected chi connectivity index (χ0v) is 14.4. The largest absolute Gasteiger partial charge is 0.504 e. The Morgan fingerprint density at radius 1 is 1.24 bits per heavy atom. The molecule has 1 aromatic carbocycles. The summed E-state index contributed by atoms with van der Waals surface area (Å²) < 4.78 is 14.9. The quantitative estimate of drug-likeness (QED) is 0.861. The Balaban J connectivity index is 2.20. The minimum absolute atomic E-state index is 0.110. The maximum atomic E-state index is 13.8. The number of para-hydroxylation sites is 1. The molecule has 0 aliphatic carbocycles. The molecule has 0 atom stereocenters. The molecule has 0 aliphatic heterocycles. The van der Waals surface area contributed by atoms with Gasteiger partial charge in [-0.15, -0.1) is 0 Å². The zero-order valence-electron chi connectivity index (χ0n) is 14.4. The molecule has 0 saturated heterocycles. The van der Waals surface area contributed by atoms with Gasteiger partial charge in [0.1, 0.15) is 11.5 Å². The van der Waals surface area contributed by atoms with Crippen LogP contribution < -0.4 is 0 Å². The number of benzene rings is 1. The summed E-state index contributed by atoms with van der Waals surface area (Å²) in [6, 6.07) is 5.88. The minimum atomic E-state index is -0.618. The van der Waals surface area contributed by atoms with Crippen molar-refractivity contribution in [3.05, 3.63) is 42.0 Å². The number of carbonyl (C=O) groups excluding carboxylic acids is 2. The van der Waals surface area contributed by atoms with Crippen LogP contribution in [0.3, 0.4) is 0 Å². The highest BCUT2D eigenvalue weighted by Crippen LogP contribution is 2.21. The van der Waals surface area contributed by atoms with Crippen LogP contribution in [0.4, 0.5) is 4.39 Å². The third kappa shape index (κ3) is 3.96. The molecule has 1 aromatic heterocycles. The van der Waals surface area contributed by atoms with E-state index in [1.54, 1.807) is 11.0 Å². The zero-order chi connectivity index (χ0) is 18.6. The van der Waals surface area contributed by atoms with Gasteiger partial charge < -0.3 is 14.9 Å². The summed E-state index contributed by atoms with van der Waals surface area (Å²) in [6.07, 6.45) is 1.16. The van der Waals surface area contributed by atoms with Crippen LogP contribution >= 0.6 is 0 Å². The van der Waals surface area contributed by atoms with E-state index in [0.717, 1.165) is 10.9 Å². The highest BCUT2D eigenvalue weighted by atomic mass is 19.1. The first-order chi connectivity index (χ1) is 11.9. The summed E-state index contributed by atoms with van der Waals surface area (Å²) >= 11 is 0. The van der Waals surface area contributed by atoms with E-state index in [1.165, 1.54) is 30.1 Å². The molecule has 1 heterocycles. The molecule has 2 amide bonds. The normalized spacial score (nSPS) is 10.6. The van der Waals surface area contributed by atoms with Crippen molar-refractivity contribution in [1.29, 1.82) is 0 Å². The van der Waals surface area contributed by atoms with Crippen LogP contribution in [0.5, 0.6) is 5.75 Å². The van der Waals surface area contributed by atoms with Crippen molar-refractivity contribution in [2.24, 2.45) is 0 Å². The molecule has 1 N–H and O–H groups in total. The van der Waals surface area contributed by atoms with Crippen molar-refractivity contribution >= 4 is 11.8 Å². The molecule has 0 unspecified atom stereocenters. The first-order valence-corrected chi connectivity index (χ1v) is 7.95. The molecule has 7 nitrogen and oxygen atoms in total. The summed E-state index contributed by atoms with van der Waals surface area (Å²) in [5, 5.41) is 14.0. The standard InChI is InChI=1S/C17H21FN4O3/c1-4-21(5-2)15(24)11-20(3)17(25)16-14(23)10-22(19-16)13-9-7-6-8-12(13)18/h6-10,23H,4-5,11H2,1-3H3. The van der Waals surface area contributed by atoms with E-state index >= 15 is 0 Å². The van der Waals surface area contributed by atoms with Crippen LogP contribution in [0, 0.1) is 5.82 Å². The minimum Gasteiger partial charge on any atom is -0.504 e. The molecule has 2 rings (SSSR count). The van der Waals surface area contributed by atoms with E-state index < -0.39 is 11.7 Å². The number of aromatic hydroxyl groups is 1. The smallest absolute Gasteiger partial charge is 0.278 e. The van der Waals surface area contributed by atoms with E-state index in [-0.39, 0.29) is 29.6 Å². The maximum Gasteiger partial charge on any atom is 0.278 e. The average Bonchev–Trinajstić information content (AvgIpc) is 2.97. The van der Waals surface area contributed by atoms with Crippen LogP contribution in [0.1, 0.15) is 24.3 Å². The fraction of sp³-hybridized carbons (Fsp3) is 0.353. The van der Waals surface area contributed by atoms with Gasteiger partial charge in [-0.2, -0.15) is 5.10 Å². The number of hydrogen-bond donors (Lipinski definition) is 1. The second-order valence-electron chi connectivity index (χ2n) is 5.49. The van der Waals surface area contributed by atoms with E-state index in [4.69, 9.17) is 0 Å². The van der Waals surface area contributed by atoms with Gasteiger partial charge in [-0.05, 0) is 26.0 Å². The van der Waals surface area contributed by atoms with E-state index in [1.807, 2.05) is 13.8 Å². The van der Waals surface area contributed by atoms with Gasteiger partial charge in [0.05, 0.1) is 12.7 Å². The lowest BCUT2D eigenvalue weighted by molar-refractivity contribution is -0.131. The van der Waals surface area contributed by atoms with Gasteiger partial charge in [0.25, 0.3) is 5.91 Å². The van der Waals surface area contributed by atoms with Gasteiger partial charge in [0.15, 0.2) is 11.4 Å². The number of halogens is 1.